The Labute approximate surface area is 92.3 Å². The summed E-state index contributed by atoms with van der Waals surface area (Å²) in [5.41, 5.74) is 1.33. The van der Waals surface area contributed by atoms with Gasteiger partial charge >= 0.3 is 0 Å². The van der Waals surface area contributed by atoms with Gasteiger partial charge in [-0.25, -0.2) is 9.97 Å². The second-order valence-electron chi connectivity index (χ2n) is 5.06. The summed E-state index contributed by atoms with van der Waals surface area (Å²) in [5.74, 6) is 0.831. The minimum atomic E-state index is 0.280. The Hall–Kier alpha value is -0.960. The molecule has 0 aliphatic rings. The minimum absolute atomic E-state index is 0.280. The zero-order chi connectivity index (χ0) is 11.5. The van der Waals surface area contributed by atoms with E-state index in [-0.39, 0.29) is 5.41 Å². The lowest BCUT2D eigenvalue weighted by molar-refractivity contribution is 0.284. The van der Waals surface area contributed by atoms with Gasteiger partial charge in [0.2, 0.25) is 0 Å². The smallest absolute Gasteiger partial charge is 0.125 e. The summed E-state index contributed by atoms with van der Waals surface area (Å²) in [6, 6.07) is 2.42. The van der Waals surface area contributed by atoms with Crippen LogP contribution < -0.4 is 5.32 Å². The fourth-order valence-corrected chi connectivity index (χ4v) is 1.17. The van der Waals surface area contributed by atoms with Crippen molar-refractivity contribution in [3.05, 3.63) is 23.8 Å². The minimum Gasteiger partial charge on any atom is -0.308 e. The van der Waals surface area contributed by atoms with Crippen molar-refractivity contribution in [2.24, 2.45) is 5.41 Å². The second kappa shape index (κ2) is 4.71. The van der Waals surface area contributed by atoms with E-state index in [1.165, 1.54) is 0 Å². The van der Waals surface area contributed by atoms with Gasteiger partial charge in [0.05, 0.1) is 5.69 Å². The average molecular weight is 207 g/mol. The third-order valence-electron chi connectivity index (χ3n) is 2.72. The largest absolute Gasteiger partial charge is 0.308 e. The fraction of sp³-hybridized carbons (Fsp3) is 0.667. The van der Waals surface area contributed by atoms with Crippen LogP contribution in [0.3, 0.4) is 0 Å². The first kappa shape index (κ1) is 12.1. The van der Waals surface area contributed by atoms with Gasteiger partial charge in [-0.05, 0) is 25.3 Å². The molecule has 0 aromatic carbocycles. The number of rotatable bonds is 3. The zero-order valence-electron chi connectivity index (χ0n) is 10.3. The normalized spacial score (nSPS) is 13.9. The van der Waals surface area contributed by atoms with E-state index in [4.69, 9.17) is 0 Å². The monoisotopic (exact) mass is 207 g/mol. The van der Waals surface area contributed by atoms with Crippen LogP contribution in [0.4, 0.5) is 0 Å². The maximum absolute atomic E-state index is 4.35. The number of aromatic nitrogens is 2. The average Bonchev–Trinajstić information content (AvgIpc) is 2.12. The SMILES string of the molecule is Cc1nccc(CNC(C)C(C)(C)C)n1. The van der Waals surface area contributed by atoms with Crippen LogP contribution in [0.5, 0.6) is 0 Å². The van der Waals surface area contributed by atoms with Gasteiger partial charge in [0, 0.05) is 18.8 Å². The van der Waals surface area contributed by atoms with E-state index in [0.29, 0.717) is 6.04 Å². The first-order chi connectivity index (χ1) is 6.89. The van der Waals surface area contributed by atoms with Crippen molar-refractivity contribution in [2.75, 3.05) is 0 Å². The third kappa shape index (κ3) is 3.96. The summed E-state index contributed by atoms with van der Waals surface area (Å²) in [7, 11) is 0. The topological polar surface area (TPSA) is 37.8 Å². The Kier molecular flexibility index (Phi) is 3.80. The predicted molar refractivity (Wildman–Crippen MR) is 62.5 cm³/mol. The highest BCUT2D eigenvalue weighted by atomic mass is 15.0. The molecule has 0 bridgehead atoms. The van der Waals surface area contributed by atoms with E-state index in [1.54, 1.807) is 6.20 Å². The van der Waals surface area contributed by atoms with Crippen molar-refractivity contribution >= 4 is 0 Å². The summed E-state index contributed by atoms with van der Waals surface area (Å²) < 4.78 is 0. The van der Waals surface area contributed by atoms with Gasteiger partial charge in [-0.3, -0.25) is 0 Å². The molecule has 1 aromatic rings. The Morgan fingerprint density at radius 1 is 1.40 bits per heavy atom. The molecular weight excluding hydrogens is 186 g/mol. The van der Waals surface area contributed by atoms with Crippen LogP contribution in [-0.2, 0) is 6.54 Å². The molecule has 0 spiro atoms. The van der Waals surface area contributed by atoms with Crippen LogP contribution in [0, 0.1) is 12.3 Å². The molecule has 1 unspecified atom stereocenters. The van der Waals surface area contributed by atoms with Crippen molar-refractivity contribution < 1.29 is 0 Å². The third-order valence-corrected chi connectivity index (χ3v) is 2.72. The molecule has 0 radical (unpaired) electrons. The van der Waals surface area contributed by atoms with Gasteiger partial charge in [-0.1, -0.05) is 20.8 Å². The molecule has 1 rings (SSSR count). The number of nitrogens with one attached hydrogen (secondary N) is 1. The van der Waals surface area contributed by atoms with Crippen molar-refractivity contribution in [3.63, 3.8) is 0 Å². The van der Waals surface area contributed by atoms with Gasteiger partial charge in [-0.2, -0.15) is 0 Å². The second-order valence-corrected chi connectivity index (χ2v) is 5.06. The molecule has 0 amide bonds. The summed E-state index contributed by atoms with van der Waals surface area (Å²) in [5, 5.41) is 3.48. The molecule has 1 N–H and O–H groups in total. The lowest BCUT2D eigenvalue weighted by Gasteiger charge is -2.28. The molecule has 0 saturated heterocycles. The van der Waals surface area contributed by atoms with E-state index in [1.807, 2.05) is 13.0 Å². The first-order valence-electron chi connectivity index (χ1n) is 5.41. The molecule has 15 heavy (non-hydrogen) atoms. The molecule has 0 aliphatic heterocycles. The van der Waals surface area contributed by atoms with Gasteiger partial charge in [0.25, 0.3) is 0 Å². The zero-order valence-corrected chi connectivity index (χ0v) is 10.3. The molecule has 3 heteroatoms. The van der Waals surface area contributed by atoms with E-state index in [0.717, 1.165) is 18.1 Å². The fourth-order valence-electron chi connectivity index (χ4n) is 1.17. The van der Waals surface area contributed by atoms with Gasteiger partial charge < -0.3 is 5.32 Å². The van der Waals surface area contributed by atoms with Crippen LogP contribution in [-0.4, -0.2) is 16.0 Å². The summed E-state index contributed by atoms with van der Waals surface area (Å²) in [6.07, 6.45) is 1.81. The lowest BCUT2D eigenvalue weighted by atomic mass is 9.88. The standard InChI is InChI=1S/C12H21N3/c1-9(12(3,4)5)14-8-11-6-7-13-10(2)15-11/h6-7,9,14H,8H2,1-5H3. The van der Waals surface area contributed by atoms with Crippen LogP contribution in [0.15, 0.2) is 12.3 Å². The molecule has 0 saturated carbocycles. The molecule has 0 aliphatic carbocycles. The predicted octanol–water partition coefficient (Wildman–Crippen LogP) is 2.31. The molecule has 1 heterocycles. The molecular formula is C12H21N3. The number of hydrogen-bond donors (Lipinski definition) is 1. The van der Waals surface area contributed by atoms with Gasteiger partial charge in [-0.15, -0.1) is 0 Å². The first-order valence-corrected chi connectivity index (χ1v) is 5.41. The number of nitrogens with zero attached hydrogens (tertiary/aromatic N) is 2. The van der Waals surface area contributed by atoms with Crippen molar-refractivity contribution in [3.8, 4) is 0 Å². The van der Waals surface area contributed by atoms with E-state index >= 15 is 0 Å². The molecule has 0 fully saturated rings. The highest BCUT2D eigenvalue weighted by Crippen LogP contribution is 2.18. The maximum atomic E-state index is 4.35. The van der Waals surface area contributed by atoms with Gasteiger partial charge in [0.15, 0.2) is 0 Å². The van der Waals surface area contributed by atoms with Crippen LogP contribution >= 0.6 is 0 Å². The highest BCUT2D eigenvalue weighted by molar-refractivity contribution is 5.01. The Morgan fingerprint density at radius 2 is 2.07 bits per heavy atom. The van der Waals surface area contributed by atoms with E-state index < -0.39 is 0 Å². The maximum Gasteiger partial charge on any atom is 0.125 e. The van der Waals surface area contributed by atoms with Gasteiger partial charge in [0.1, 0.15) is 5.82 Å². The summed E-state index contributed by atoms with van der Waals surface area (Å²) in [6.45, 7) is 11.6. The van der Waals surface area contributed by atoms with Crippen LogP contribution in [0.2, 0.25) is 0 Å². The summed E-state index contributed by atoms with van der Waals surface area (Å²) in [4.78, 5) is 8.43. The lowest BCUT2D eigenvalue weighted by Crippen LogP contribution is -2.37. The summed E-state index contributed by atoms with van der Waals surface area (Å²) >= 11 is 0. The highest BCUT2D eigenvalue weighted by Gasteiger charge is 2.19. The molecule has 84 valence electrons. The number of hydrogen-bond acceptors (Lipinski definition) is 3. The Bertz CT molecular complexity index is 315. The van der Waals surface area contributed by atoms with E-state index in [9.17, 15) is 0 Å². The molecule has 1 aromatic heterocycles. The van der Waals surface area contributed by atoms with Crippen LogP contribution in [0.1, 0.15) is 39.2 Å². The quantitative estimate of drug-likeness (QED) is 0.826. The van der Waals surface area contributed by atoms with Crippen molar-refractivity contribution in [2.45, 2.75) is 47.2 Å². The van der Waals surface area contributed by atoms with Crippen molar-refractivity contribution in [1.29, 1.82) is 0 Å². The van der Waals surface area contributed by atoms with E-state index in [2.05, 4.69) is 43.0 Å². The Morgan fingerprint density at radius 3 is 2.60 bits per heavy atom. The van der Waals surface area contributed by atoms with Crippen LogP contribution in [0.25, 0.3) is 0 Å². The Balaban J connectivity index is 2.51. The molecule has 3 nitrogen and oxygen atoms in total. The number of aryl methyl sites for hydroxylation is 1. The van der Waals surface area contributed by atoms with Crippen molar-refractivity contribution in [1.82, 2.24) is 15.3 Å². The molecule has 1 atom stereocenters.